The molecule has 0 aliphatic rings. The zero-order valence-electron chi connectivity index (χ0n) is 19.0. The number of aromatic nitrogens is 2. The van der Waals surface area contributed by atoms with Gasteiger partial charge in [0.15, 0.2) is 5.76 Å². The number of fused-ring (bicyclic) bond motifs is 1. The summed E-state index contributed by atoms with van der Waals surface area (Å²) in [6.07, 6.45) is 1.49. The zero-order valence-corrected chi connectivity index (χ0v) is 19.0. The quantitative estimate of drug-likeness (QED) is 0.420. The number of hydrogen-bond acceptors (Lipinski definition) is 4. The first kappa shape index (κ1) is 21.7. The molecular formula is C26H29N3O3. The number of hydrogen-bond donors (Lipinski definition) is 1. The van der Waals surface area contributed by atoms with Crippen LogP contribution in [0, 0.1) is 0 Å². The number of ether oxygens (including phenoxy) is 1. The Balaban J connectivity index is 1.49. The van der Waals surface area contributed by atoms with Gasteiger partial charge in [-0.05, 0) is 54.3 Å². The van der Waals surface area contributed by atoms with Gasteiger partial charge in [0, 0.05) is 0 Å². The normalized spacial score (nSPS) is 12.6. The van der Waals surface area contributed by atoms with E-state index in [0.717, 1.165) is 22.6 Å². The molecule has 0 saturated heterocycles. The van der Waals surface area contributed by atoms with Gasteiger partial charge < -0.3 is 19.0 Å². The molecule has 0 bridgehead atoms. The third-order valence-electron chi connectivity index (χ3n) is 5.47. The Hall–Kier alpha value is -3.54. The molecule has 0 radical (unpaired) electrons. The van der Waals surface area contributed by atoms with E-state index in [-0.39, 0.29) is 23.1 Å². The summed E-state index contributed by atoms with van der Waals surface area (Å²) in [5, 5.41) is 2.97. The minimum Gasteiger partial charge on any atom is -0.492 e. The molecule has 1 atom stereocenters. The number of furan rings is 1. The van der Waals surface area contributed by atoms with Crippen LogP contribution in [-0.2, 0) is 12.0 Å². The van der Waals surface area contributed by atoms with Gasteiger partial charge in [-0.25, -0.2) is 4.98 Å². The second-order valence-corrected chi connectivity index (χ2v) is 8.91. The number of carbonyl (C=O) groups excluding carboxylic acids is 1. The fraction of sp³-hybridized carbons (Fsp3) is 0.308. The highest BCUT2D eigenvalue weighted by Crippen LogP contribution is 2.25. The summed E-state index contributed by atoms with van der Waals surface area (Å²) in [5.74, 6) is 1.62. The van der Waals surface area contributed by atoms with E-state index in [0.29, 0.717) is 13.2 Å². The summed E-state index contributed by atoms with van der Waals surface area (Å²) in [6, 6.07) is 19.2. The van der Waals surface area contributed by atoms with Crippen molar-refractivity contribution in [2.75, 3.05) is 6.61 Å². The molecule has 1 amide bonds. The largest absolute Gasteiger partial charge is 0.492 e. The van der Waals surface area contributed by atoms with Crippen molar-refractivity contribution in [3.8, 4) is 5.75 Å². The number of benzene rings is 2. The molecule has 0 saturated carbocycles. The fourth-order valence-electron chi connectivity index (χ4n) is 3.71. The van der Waals surface area contributed by atoms with Gasteiger partial charge in [0.05, 0.1) is 29.9 Å². The minimum atomic E-state index is -0.300. The molecule has 1 N–H and O–H groups in total. The number of amides is 1. The number of imidazole rings is 1. The molecular weight excluding hydrogens is 402 g/mol. The van der Waals surface area contributed by atoms with Crippen LogP contribution in [0.2, 0.25) is 0 Å². The monoisotopic (exact) mass is 431 g/mol. The molecule has 2 aromatic heterocycles. The number of para-hydroxylation sites is 2. The lowest BCUT2D eigenvalue weighted by Crippen LogP contribution is -2.28. The summed E-state index contributed by atoms with van der Waals surface area (Å²) in [4.78, 5) is 17.2. The Morgan fingerprint density at radius 1 is 1.09 bits per heavy atom. The number of nitrogens with zero attached hydrogens (tertiary/aromatic N) is 2. The SMILES string of the molecule is CC(NC(=O)c1ccco1)c1nc2ccccc2n1CCOc1ccc(C(C)(C)C)cc1. The summed E-state index contributed by atoms with van der Waals surface area (Å²) in [5.41, 5.74) is 3.28. The van der Waals surface area contributed by atoms with Crippen LogP contribution < -0.4 is 10.1 Å². The van der Waals surface area contributed by atoms with Crippen LogP contribution in [0.3, 0.4) is 0 Å². The van der Waals surface area contributed by atoms with E-state index in [4.69, 9.17) is 14.1 Å². The lowest BCUT2D eigenvalue weighted by Gasteiger charge is -2.19. The van der Waals surface area contributed by atoms with Crippen molar-refractivity contribution in [1.82, 2.24) is 14.9 Å². The molecule has 6 nitrogen and oxygen atoms in total. The lowest BCUT2D eigenvalue weighted by molar-refractivity contribution is 0.0909. The van der Waals surface area contributed by atoms with Crippen LogP contribution in [-0.4, -0.2) is 22.1 Å². The van der Waals surface area contributed by atoms with E-state index < -0.39 is 0 Å². The van der Waals surface area contributed by atoms with Gasteiger partial charge in [-0.3, -0.25) is 4.79 Å². The first-order valence-corrected chi connectivity index (χ1v) is 10.9. The fourth-order valence-corrected chi connectivity index (χ4v) is 3.71. The molecule has 0 aliphatic carbocycles. The van der Waals surface area contributed by atoms with Crippen LogP contribution in [0.25, 0.3) is 11.0 Å². The van der Waals surface area contributed by atoms with Crippen LogP contribution in [0.1, 0.15) is 55.7 Å². The van der Waals surface area contributed by atoms with Crippen molar-refractivity contribution in [3.05, 3.63) is 84.1 Å². The molecule has 4 rings (SSSR count). The second-order valence-electron chi connectivity index (χ2n) is 8.91. The van der Waals surface area contributed by atoms with Crippen LogP contribution in [0.15, 0.2) is 71.3 Å². The van der Waals surface area contributed by atoms with E-state index in [9.17, 15) is 4.79 Å². The van der Waals surface area contributed by atoms with E-state index in [1.807, 2.05) is 43.3 Å². The molecule has 2 aromatic carbocycles. The molecule has 166 valence electrons. The Labute approximate surface area is 188 Å². The smallest absolute Gasteiger partial charge is 0.287 e. The predicted octanol–water partition coefficient (Wildman–Crippen LogP) is 5.50. The number of nitrogens with one attached hydrogen (secondary N) is 1. The first-order chi connectivity index (χ1) is 15.3. The Morgan fingerprint density at radius 3 is 2.53 bits per heavy atom. The summed E-state index contributed by atoms with van der Waals surface area (Å²) in [7, 11) is 0. The van der Waals surface area contributed by atoms with Gasteiger partial charge in [0.2, 0.25) is 0 Å². The average molecular weight is 432 g/mol. The summed E-state index contributed by atoms with van der Waals surface area (Å²) in [6.45, 7) is 9.60. The van der Waals surface area contributed by atoms with Gasteiger partial charge in [0.1, 0.15) is 18.2 Å². The van der Waals surface area contributed by atoms with Crippen molar-refractivity contribution < 1.29 is 13.9 Å². The number of carbonyl (C=O) groups is 1. The molecule has 0 fully saturated rings. The maximum atomic E-state index is 12.4. The molecule has 1 unspecified atom stereocenters. The Morgan fingerprint density at radius 2 is 1.84 bits per heavy atom. The van der Waals surface area contributed by atoms with Gasteiger partial charge in [-0.15, -0.1) is 0 Å². The highest BCUT2D eigenvalue weighted by Gasteiger charge is 2.20. The third kappa shape index (κ3) is 4.69. The topological polar surface area (TPSA) is 69.3 Å². The van der Waals surface area contributed by atoms with E-state index in [1.165, 1.54) is 11.8 Å². The summed E-state index contributed by atoms with van der Waals surface area (Å²) >= 11 is 0. The van der Waals surface area contributed by atoms with Gasteiger partial charge in [-0.2, -0.15) is 0 Å². The first-order valence-electron chi connectivity index (χ1n) is 10.9. The van der Waals surface area contributed by atoms with Gasteiger partial charge in [0.25, 0.3) is 5.91 Å². The van der Waals surface area contributed by atoms with Crippen LogP contribution >= 0.6 is 0 Å². The highest BCUT2D eigenvalue weighted by atomic mass is 16.5. The standard InChI is InChI=1S/C26H29N3O3/c1-18(27-25(30)23-10-7-16-32-23)24-28-21-8-5-6-9-22(21)29(24)15-17-31-20-13-11-19(12-14-20)26(2,3)4/h5-14,16,18H,15,17H2,1-4H3,(H,27,30). The van der Waals surface area contributed by atoms with E-state index >= 15 is 0 Å². The zero-order chi connectivity index (χ0) is 22.7. The maximum absolute atomic E-state index is 12.4. The average Bonchev–Trinajstić information content (AvgIpc) is 3.42. The summed E-state index contributed by atoms with van der Waals surface area (Å²) < 4.78 is 13.3. The third-order valence-corrected chi connectivity index (χ3v) is 5.47. The Bertz CT molecular complexity index is 1190. The van der Waals surface area contributed by atoms with Gasteiger partial charge >= 0.3 is 0 Å². The lowest BCUT2D eigenvalue weighted by atomic mass is 9.87. The molecule has 0 spiro atoms. The number of rotatable bonds is 7. The molecule has 32 heavy (non-hydrogen) atoms. The van der Waals surface area contributed by atoms with Gasteiger partial charge in [-0.1, -0.05) is 45.0 Å². The molecule has 4 aromatic rings. The minimum absolute atomic E-state index is 0.110. The maximum Gasteiger partial charge on any atom is 0.287 e. The highest BCUT2D eigenvalue weighted by molar-refractivity contribution is 5.91. The molecule has 6 heteroatoms. The van der Waals surface area contributed by atoms with Crippen molar-refractivity contribution in [2.24, 2.45) is 0 Å². The van der Waals surface area contributed by atoms with Crippen molar-refractivity contribution in [3.63, 3.8) is 0 Å². The van der Waals surface area contributed by atoms with E-state index in [1.54, 1.807) is 12.1 Å². The van der Waals surface area contributed by atoms with Crippen molar-refractivity contribution >= 4 is 16.9 Å². The van der Waals surface area contributed by atoms with Crippen LogP contribution in [0.5, 0.6) is 5.75 Å². The Kier molecular flexibility index (Phi) is 6.04. The second kappa shape index (κ2) is 8.91. The van der Waals surface area contributed by atoms with E-state index in [2.05, 4.69) is 42.8 Å². The van der Waals surface area contributed by atoms with Crippen LogP contribution in [0.4, 0.5) is 0 Å². The van der Waals surface area contributed by atoms with Crippen molar-refractivity contribution in [1.29, 1.82) is 0 Å². The molecule has 0 aliphatic heterocycles. The van der Waals surface area contributed by atoms with Crippen molar-refractivity contribution in [2.45, 2.75) is 45.7 Å². The molecule has 2 heterocycles. The predicted molar refractivity (Wildman–Crippen MR) is 125 cm³/mol.